The third-order valence-electron chi connectivity index (χ3n) is 4.35. The maximum Gasteiger partial charge on any atom is 0.407 e. The maximum absolute atomic E-state index is 12.7. The van der Waals surface area contributed by atoms with Gasteiger partial charge in [0.2, 0.25) is 5.91 Å². The topological polar surface area (TPSA) is 133 Å². The van der Waals surface area contributed by atoms with Crippen LogP contribution in [0.4, 0.5) is 16.2 Å². The molecule has 0 unspecified atom stereocenters. The van der Waals surface area contributed by atoms with Crippen molar-refractivity contribution in [3.05, 3.63) is 48.6 Å². The molecule has 0 aliphatic heterocycles. The van der Waals surface area contributed by atoms with Crippen molar-refractivity contribution >= 4 is 35.3 Å². The Labute approximate surface area is 198 Å². The molecular formula is C23H31N5O6. The van der Waals surface area contributed by atoms with Crippen LogP contribution in [0.15, 0.2) is 37.2 Å². The molecule has 3 N–H and O–H groups in total. The van der Waals surface area contributed by atoms with E-state index < -0.39 is 23.6 Å². The van der Waals surface area contributed by atoms with Gasteiger partial charge in [-0.15, -0.1) is 0 Å². The maximum atomic E-state index is 12.7. The molecule has 3 amide bonds. The molecule has 0 spiro atoms. The fourth-order valence-corrected chi connectivity index (χ4v) is 2.91. The summed E-state index contributed by atoms with van der Waals surface area (Å²) in [4.78, 5) is 48.6. The van der Waals surface area contributed by atoms with E-state index in [1.165, 1.54) is 18.2 Å². The molecule has 0 aromatic carbocycles. The second-order valence-corrected chi connectivity index (χ2v) is 8.52. The number of carbonyl (C=O) groups is 4. The highest BCUT2D eigenvalue weighted by atomic mass is 16.6. The van der Waals surface area contributed by atoms with Gasteiger partial charge in [-0.25, -0.2) is 9.59 Å². The number of aromatic nitrogens is 2. The lowest BCUT2D eigenvalue weighted by Crippen LogP contribution is -2.34. The van der Waals surface area contributed by atoms with Gasteiger partial charge in [0, 0.05) is 39.5 Å². The van der Waals surface area contributed by atoms with Crippen molar-refractivity contribution < 1.29 is 28.7 Å². The van der Waals surface area contributed by atoms with Crippen molar-refractivity contribution in [1.82, 2.24) is 14.5 Å². The average Bonchev–Trinajstić information content (AvgIpc) is 3.26. The van der Waals surface area contributed by atoms with Gasteiger partial charge in [0.05, 0.1) is 11.4 Å². The van der Waals surface area contributed by atoms with Crippen molar-refractivity contribution in [2.45, 2.75) is 32.8 Å². The third kappa shape index (κ3) is 7.84. The van der Waals surface area contributed by atoms with E-state index in [2.05, 4.69) is 22.5 Å². The Bertz CT molecular complexity index is 1080. The second-order valence-electron chi connectivity index (χ2n) is 8.52. The van der Waals surface area contributed by atoms with Gasteiger partial charge < -0.3 is 34.6 Å². The molecule has 2 aromatic rings. The van der Waals surface area contributed by atoms with Gasteiger partial charge in [0.15, 0.2) is 0 Å². The Hall–Kier alpha value is -4.02. The molecule has 0 bridgehead atoms. The Morgan fingerprint density at radius 1 is 1.00 bits per heavy atom. The van der Waals surface area contributed by atoms with Gasteiger partial charge >= 0.3 is 12.1 Å². The van der Waals surface area contributed by atoms with E-state index in [9.17, 15) is 19.2 Å². The summed E-state index contributed by atoms with van der Waals surface area (Å²) in [5, 5.41) is 7.92. The Balaban J connectivity index is 1.92. The van der Waals surface area contributed by atoms with Gasteiger partial charge in [-0.2, -0.15) is 0 Å². The molecule has 0 fully saturated rings. The number of anilines is 2. The number of amides is 3. The molecular weight excluding hydrogens is 442 g/mol. The molecule has 0 aliphatic carbocycles. The summed E-state index contributed by atoms with van der Waals surface area (Å²) in [6.45, 7) is 8.93. The highest BCUT2D eigenvalue weighted by Gasteiger charge is 2.18. The van der Waals surface area contributed by atoms with Gasteiger partial charge in [-0.05, 0) is 32.9 Å². The number of carbonyl (C=O) groups excluding carboxylic acids is 4. The van der Waals surface area contributed by atoms with Crippen molar-refractivity contribution in [3.63, 3.8) is 0 Å². The predicted molar refractivity (Wildman–Crippen MR) is 127 cm³/mol. The number of aryl methyl sites for hydroxylation is 2. The molecule has 184 valence electrons. The molecule has 0 atom stereocenters. The molecule has 2 heterocycles. The van der Waals surface area contributed by atoms with E-state index in [4.69, 9.17) is 9.47 Å². The molecule has 0 aliphatic rings. The molecule has 2 rings (SSSR count). The second kappa shape index (κ2) is 11.2. The minimum absolute atomic E-state index is 0.0322. The van der Waals surface area contributed by atoms with E-state index in [0.29, 0.717) is 17.1 Å². The molecule has 34 heavy (non-hydrogen) atoms. The van der Waals surface area contributed by atoms with Crippen LogP contribution < -0.4 is 16.0 Å². The number of alkyl carbamates (subject to hydrolysis) is 1. The van der Waals surface area contributed by atoms with Crippen molar-refractivity contribution in [2.75, 3.05) is 23.8 Å². The third-order valence-corrected chi connectivity index (χ3v) is 4.35. The SMILES string of the molecule is C=CCOC(=O)c1cc(NC(=O)c2cc(NC(=O)CCNC(=O)OC(C)(C)C)cn2C)cn1C. The zero-order chi connectivity index (χ0) is 25.5. The van der Waals surface area contributed by atoms with Crippen LogP contribution in [0.5, 0.6) is 0 Å². The number of nitrogens with zero attached hydrogens (tertiary/aromatic N) is 2. The van der Waals surface area contributed by atoms with Crippen LogP contribution in [0.1, 0.15) is 48.2 Å². The lowest BCUT2D eigenvalue weighted by molar-refractivity contribution is -0.116. The van der Waals surface area contributed by atoms with E-state index >= 15 is 0 Å². The predicted octanol–water partition coefficient (Wildman–Crippen LogP) is 2.81. The van der Waals surface area contributed by atoms with Crippen LogP contribution in [-0.2, 0) is 28.4 Å². The fourth-order valence-electron chi connectivity index (χ4n) is 2.91. The van der Waals surface area contributed by atoms with E-state index in [-0.39, 0.29) is 31.2 Å². The number of ether oxygens (including phenoxy) is 2. The molecule has 0 saturated heterocycles. The zero-order valence-electron chi connectivity index (χ0n) is 20.1. The summed E-state index contributed by atoms with van der Waals surface area (Å²) in [5.74, 6) is -1.29. The van der Waals surface area contributed by atoms with Crippen LogP contribution in [0.3, 0.4) is 0 Å². The van der Waals surface area contributed by atoms with Crippen LogP contribution >= 0.6 is 0 Å². The summed E-state index contributed by atoms with van der Waals surface area (Å²) in [6, 6.07) is 3.03. The molecule has 11 heteroatoms. The largest absolute Gasteiger partial charge is 0.457 e. The smallest absolute Gasteiger partial charge is 0.407 e. The average molecular weight is 474 g/mol. The first-order valence-corrected chi connectivity index (χ1v) is 10.6. The Morgan fingerprint density at radius 2 is 1.59 bits per heavy atom. The van der Waals surface area contributed by atoms with Crippen molar-refractivity contribution in [3.8, 4) is 0 Å². The minimum atomic E-state index is -0.622. The fraction of sp³-hybridized carbons (Fsp3) is 0.391. The number of nitrogens with one attached hydrogen (secondary N) is 3. The summed E-state index contributed by atoms with van der Waals surface area (Å²) in [5.41, 5.74) is 0.789. The lowest BCUT2D eigenvalue weighted by Gasteiger charge is -2.19. The molecule has 2 aromatic heterocycles. The molecule has 11 nitrogen and oxygen atoms in total. The normalized spacial score (nSPS) is 10.9. The quantitative estimate of drug-likeness (QED) is 0.379. The van der Waals surface area contributed by atoms with Crippen LogP contribution in [0.2, 0.25) is 0 Å². The first kappa shape index (κ1) is 26.2. The monoisotopic (exact) mass is 473 g/mol. The first-order chi connectivity index (χ1) is 15.9. The van der Waals surface area contributed by atoms with Crippen LogP contribution in [0.25, 0.3) is 0 Å². The summed E-state index contributed by atoms with van der Waals surface area (Å²) >= 11 is 0. The standard InChI is InChI=1S/C23H31N5O6/c1-7-10-33-21(31)18-12-16(14-28(18)6)26-20(30)17-11-15(13-27(17)5)25-19(29)8-9-24-22(32)34-23(2,3)4/h7,11-14H,1,8-10H2,2-6H3,(H,24,32)(H,25,29)(H,26,30). The van der Waals surface area contributed by atoms with E-state index in [1.807, 2.05) is 0 Å². The lowest BCUT2D eigenvalue weighted by atomic mass is 10.2. The van der Waals surface area contributed by atoms with Gasteiger partial charge in [-0.3, -0.25) is 9.59 Å². The summed E-state index contributed by atoms with van der Waals surface area (Å²) < 4.78 is 13.2. The number of esters is 1. The molecule has 0 saturated carbocycles. The van der Waals surface area contributed by atoms with Gasteiger partial charge in [-0.1, -0.05) is 12.7 Å². The van der Waals surface area contributed by atoms with E-state index in [1.54, 1.807) is 56.4 Å². The zero-order valence-corrected chi connectivity index (χ0v) is 20.1. The minimum Gasteiger partial charge on any atom is -0.457 e. The Kier molecular flexibility index (Phi) is 8.65. The van der Waals surface area contributed by atoms with E-state index in [0.717, 1.165) is 0 Å². The highest BCUT2D eigenvalue weighted by molar-refractivity contribution is 6.05. The van der Waals surface area contributed by atoms with Crippen LogP contribution in [0, 0.1) is 0 Å². The highest BCUT2D eigenvalue weighted by Crippen LogP contribution is 2.18. The number of hydrogen-bond donors (Lipinski definition) is 3. The van der Waals surface area contributed by atoms with Crippen LogP contribution in [-0.4, -0.2) is 51.8 Å². The van der Waals surface area contributed by atoms with Crippen molar-refractivity contribution in [1.29, 1.82) is 0 Å². The first-order valence-electron chi connectivity index (χ1n) is 10.6. The van der Waals surface area contributed by atoms with Gasteiger partial charge in [0.25, 0.3) is 5.91 Å². The summed E-state index contributed by atoms with van der Waals surface area (Å²) in [7, 11) is 3.33. The summed E-state index contributed by atoms with van der Waals surface area (Å²) in [6.07, 6.45) is 4.08. The number of hydrogen-bond acceptors (Lipinski definition) is 6. The van der Waals surface area contributed by atoms with Gasteiger partial charge in [0.1, 0.15) is 23.6 Å². The molecule has 0 radical (unpaired) electrons. The van der Waals surface area contributed by atoms with Crippen molar-refractivity contribution in [2.24, 2.45) is 14.1 Å². The number of rotatable bonds is 9. The Morgan fingerprint density at radius 3 is 2.21 bits per heavy atom.